The van der Waals surface area contributed by atoms with E-state index in [9.17, 15) is 9.59 Å². The van der Waals surface area contributed by atoms with E-state index in [-0.39, 0.29) is 17.2 Å². The van der Waals surface area contributed by atoms with E-state index in [0.29, 0.717) is 13.0 Å². The SMILES string of the molecule is CCOC(=O)[C@H]1CC2(CC2)CC1=O. The van der Waals surface area contributed by atoms with Gasteiger partial charge in [0.1, 0.15) is 11.7 Å². The number of Topliss-reactive ketones (excluding diaryl/α,β-unsaturated/α-hetero) is 1. The molecule has 72 valence electrons. The summed E-state index contributed by atoms with van der Waals surface area (Å²) in [6.45, 7) is 2.14. The molecular formula is C10H14O3. The zero-order chi connectivity index (χ0) is 9.47. The Hall–Kier alpha value is -0.860. The number of rotatable bonds is 2. The minimum Gasteiger partial charge on any atom is -0.465 e. The molecule has 0 amide bonds. The first kappa shape index (κ1) is 8.73. The second-order valence-electron chi connectivity index (χ2n) is 4.15. The fraction of sp³-hybridized carbons (Fsp3) is 0.800. The maximum absolute atomic E-state index is 11.4. The molecule has 0 heterocycles. The van der Waals surface area contributed by atoms with Crippen molar-refractivity contribution in [3.8, 4) is 0 Å². The van der Waals surface area contributed by atoms with Crippen molar-refractivity contribution in [1.29, 1.82) is 0 Å². The van der Waals surface area contributed by atoms with Crippen LogP contribution in [0.1, 0.15) is 32.6 Å². The van der Waals surface area contributed by atoms with E-state index in [1.807, 2.05) is 0 Å². The first-order valence-electron chi connectivity index (χ1n) is 4.86. The molecule has 1 atom stereocenters. The molecule has 0 saturated heterocycles. The second kappa shape index (κ2) is 2.82. The van der Waals surface area contributed by atoms with E-state index in [1.165, 1.54) is 0 Å². The van der Waals surface area contributed by atoms with Gasteiger partial charge in [-0.25, -0.2) is 0 Å². The zero-order valence-electron chi connectivity index (χ0n) is 7.84. The van der Waals surface area contributed by atoms with Gasteiger partial charge >= 0.3 is 5.97 Å². The number of ketones is 1. The van der Waals surface area contributed by atoms with Crippen LogP contribution in [-0.4, -0.2) is 18.4 Å². The summed E-state index contributed by atoms with van der Waals surface area (Å²) in [6.07, 6.45) is 3.59. The number of esters is 1. The van der Waals surface area contributed by atoms with Gasteiger partial charge in [-0.1, -0.05) is 0 Å². The lowest BCUT2D eigenvalue weighted by atomic mass is 10.0. The van der Waals surface area contributed by atoms with E-state index in [1.54, 1.807) is 6.92 Å². The van der Waals surface area contributed by atoms with Crippen LogP contribution < -0.4 is 0 Å². The quantitative estimate of drug-likeness (QED) is 0.477. The highest BCUT2D eigenvalue weighted by atomic mass is 16.5. The van der Waals surface area contributed by atoms with Gasteiger partial charge in [0.2, 0.25) is 0 Å². The number of carbonyl (C=O) groups is 2. The molecule has 0 aromatic carbocycles. The van der Waals surface area contributed by atoms with Gasteiger partial charge in [-0.2, -0.15) is 0 Å². The molecule has 0 bridgehead atoms. The molecule has 2 aliphatic rings. The molecule has 3 nitrogen and oxygen atoms in total. The van der Waals surface area contributed by atoms with Crippen LogP contribution in [0.25, 0.3) is 0 Å². The number of carbonyl (C=O) groups excluding carboxylic acids is 2. The highest BCUT2D eigenvalue weighted by Gasteiger charge is 2.54. The summed E-state index contributed by atoms with van der Waals surface area (Å²) in [4.78, 5) is 22.8. The van der Waals surface area contributed by atoms with Crippen LogP contribution in [0.3, 0.4) is 0 Å². The third-order valence-electron chi connectivity index (χ3n) is 3.10. The van der Waals surface area contributed by atoms with E-state index in [2.05, 4.69) is 0 Å². The Balaban J connectivity index is 2.00. The first-order chi connectivity index (χ1) is 6.17. The topological polar surface area (TPSA) is 43.4 Å². The van der Waals surface area contributed by atoms with Crippen molar-refractivity contribution >= 4 is 11.8 Å². The highest BCUT2D eigenvalue weighted by Crippen LogP contribution is 2.58. The third-order valence-corrected chi connectivity index (χ3v) is 3.10. The summed E-state index contributed by atoms with van der Waals surface area (Å²) in [5.74, 6) is -0.658. The summed E-state index contributed by atoms with van der Waals surface area (Å²) in [6, 6.07) is 0. The highest BCUT2D eigenvalue weighted by molar-refractivity contribution is 6.01. The average Bonchev–Trinajstić information content (AvgIpc) is 2.72. The molecule has 0 aromatic heterocycles. The second-order valence-corrected chi connectivity index (χ2v) is 4.15. The molecule has 2 rings (SSSR count). The summed E-state index contributed by atoms with van der Waals surface area (Å²) < 4.78 is 4.86. The predicted octanol–water partition coefficient (Wildman–Crippen LogP) is 1.31. The molecule has 2 saturated carbocycles. The van der Waals surface area contributed by atoms with Crippen molar-refractivity contribution in [2.75, 3.05) is 6.61 Å². The summed E-state index contributed by atoms with van der Waals surface area (Å²) in [5, 5.41) is 0. The molecule has 13 heavy (non-hydrogen) atoms. The van der Waals surface area contributed by atoms with Gasteiger partial charge < -0.3 is 4.74 Å². The van der Waals surface area contributed by atoms with Crippen LogP contribution in [0.5, 0.6) is 0 Å². The Morgan fingerprint density at radius 3 is 2.77 bits per heavy atom. The van der Waals surface area contributed by atoms with Gasteiger partial charge in [0.25, 0.3) is 0 Å². The minimum atomic E-state index is -0.442. The third kappa shape index (κ3) is 1.47. The maximum Gasteiger partial charge on any atom is 0.316 e. The Morgan fingerprint density at radius 1 is 1.62 bits per heavy atom. The molecule has 0 aromatic rings. The van der Waals surface area contributed by atoms with E-state index in [0.717, 1.165) is 19.3 Å². The van der Waals surface area contributed by atoms with Crippen molar-refractivity contribution in [3.63, 3.8) is 0 Å². The van der Waals surface area contributed by atoms with Crippen LogP contribution in [0.2, 0.25) is 0 Å². The van der Waals surface area contributed by atoms with Crippen molar-refractivity contribution in [2.45, 2.75) is 32.6 Å². The molecule has 2 aliphatic carbocycles. The number of hydrogen-bond acceptors (Lipinski definition) is 3. The molecule has 0 radical (unpaired) electrons. The van der Waals surface area contributed by atoms with Crippen LogP contribution in [0, 0.1) is 11.3 Å². The zero-order valence-corrected chi connectivity index (χ0v) is 7.84. The van der Waals surface area contributed by atoms with Crippen LogP contribution in [0.4, 0.5) is 0 Å². The molecule has 1 spiro atoms. The van der Waals surface area contributed by atoms with Crippen molar-refractivity contribution in [1.82, 2.24) is 0 Å². The summed E-state index contributed by atoms with van der Waals surface area (Å²) in [5.41, 5.74) is 0.217. The smallest absolute Gasteiger partial charge is 0.316 e. The Morgan fingerprint density at radius 2 is 2.31 bits per heavy atom. The van der Waals surface area contributed by atoms with E-state index < -0.39 is 5.92 Å². The van der Waals surface area contributed by atoms with E-state index >= 15 is 0 Å². The standard InChI is InChI=1S/C10H14O3/c1-2-13-9(12)7-5-10(3-4-10)6-8(7)11/h7H,2-6H2,1H3/t7-/m0/s1. The molecule has 0 unspecified atom stereocenters. The maximum atomic E-state index is 11.4. The van der Waals surface area contributed by atoms with Crippen LogP contribution >= 0.6 is 0 Å². The molecule has 0 N–H and O–H groups in total. The molecule has 0 aliphatic heterocycles. The fourth-order valence-corrected chi connectivity index (χ4v) is 2.13. The molecule has 2 fully saturated rings. The van der Waals surface area contributed by atoms with Gasteiger partial charge in [0.15, 0.2) is 0 Å². The van der Waals surface area contributed by atoms with Gasteiger partial charge in [0.05, 0.1) is 6.61 Å². The first-order valence-corrected chi connectivity index (χ1v) is 4.86. The predicted molar refractivity (Wildman–Crippen MR) is 46.0 cm³/mol. The Kier molecular flexibility index (Phi) is 1.90. The lowest BCUT2D eigenvalue weighted by Gasteiger charge is -2.07. The van der Waals surface area contributed by atoms with Crippen LogP contribution in [-0.2, 0) is 14.3 Å². The van der Waals surface area contributed by atoms with Gasteiger partial charge in [0, 0.05) is 6.42 Å². The van der Waals surface area contributed by atoms with Gasteiger partial charge in [-0.3, -0.25) is 9.59 Å². The number of ether oxygens (including phenoxy) is 1. The Labute approximate surface area is 77.4 Å². The lowest BCUT2D eigenvalue weighted by molar-refractivity contribution is -0.150. The van der Waals surface area contributed by atoms with Crippen molar-refractivity contribution in [2.24, 2.45) is 11.3 Å². The average molecular weight is 182 g/mol. The molecular weight excluding hydrogens is 168 g/mol. The minimum absolute atomic E-state index is 0.0935. The van der Waals surface area contributed by atoms with Crippen molar-refractivity contribution in [3.05, 3.63) is 0 Å². The van der Waals surface area contributed by atoms with Gasteiger partial charge in [-0.15, -0.1) is 0 Å². The lowest BCUT2D eigenvalue weighted by Crippen LogP contribution is -2.21. The Bertz CT molecular complexity index is 253. The van der Waals surface area contributed by atoms with Crippen LogP contribution in [0.15, 0.2) is 0 Å². The van der Waals surface area contributed by atoms with Gasteiger partial charge in [-0.05, 0) is 31.6 Å². The number of hydrogen-bond donors (Lipinski definition) is 0. The summed E-state index contributed by atoms with van der Waals surface area (Å²) >= 11 is 0. The normalized spacial score (nSPS) is 29.3. The van der Waals surface area contributed by atoms with Crippen molar-refractivity contribution < 1.29 is 14.3 Å². The molecule has 3 heteroatoms. The summed E-state index contributed by atoms with van der Waals surface area (Å²) in [7, 11) is 0. The monoisotopic (exact) mass is 182 g/mol. The fourth-order valence-electron chi connectivity index (χ4n) is 2.13. The van der Waals surface area contributed by atoms with E-state index in [4.69, 9.17) is 4.74 Å². The largest absolute Gasteiger partial charge is 0.465 e.